The van der Waals surface area contributed by atoms with Gasteiger partial charge >= 0.3 is 5.97 Å². The number of primary amides is 1. The molecule has 3 aromatic carbocycles. The summed E-state index contributed by atoms with van der Waals surface area (Å²) in [6.07, 6.45) is 0. The maximum absolute atomic E-state index is 13.0. The second kappa shape index (κ2) is 11.1. The molecule has 3 N–H and O–H groups in total. The van der Waals surface area contributed by atoms with Crippen molar-refractivity contribution in [3.05, 3.63) is 99.4 Å². The molecule has 3 rings (SSSR count). The molecule has 0 heterocycles. The number of ether oxygens (including phenoxy) is 1. The molecule has 11 heteroatoms. The lowest BCUT2D eigenvalue weighted by atomic mass is 10.1. The van der Waals surface area contributed by atoms with Gasteiger partial charge < -0.3 is 15.8 Å². The van der Waals surface area contributed by atoms with Gasteiger partial charge in [0.1, 0.15) is 12.4 Å². The molecule has 9 nitrogen and oxygen atoms in total. The third kappa shape index (κ3) is 6.39. The van der Waals surface area contributed by atoms with E-state index in [9.17, 15) is 28.9 Å². The van der Waals surface area contributed by atoms with Gasteiger partial charge in [-0.1, -0.05) is 12.1 Å². The number of nitrogens with one attached hydrogen (secondary N) is 1. The number of nitro benzene ring substituents is 1. The average Bonchev–Trinajstić information content (AvgIpc) is 2.82. The maximum atomic E-state index is 13.0. The van der Waals surface area contributed by atoms with Gasteiger partial charge in [-0.05, 0) is 48.5 Å². The van der Waals surface area contributed by atoms with Gasteiger partial charge in [-0.3, -0.25) is 19.7 Å². The Balaban J connectivity index is 1.65. The van der Waals surface area contributed by atoms with Crippen molar-refractivity contribution in [1.29, 1.82) is 0 Å². The summed E-state index contributed by atoms with van der Waals surface area (Å²) in [5.41, 5.74) is 5.42. The van der Waals surface area contributed by atoms with Crippen LogP contribution in [-0.2, 0) is 16.1 Å². The number of benzene rings is 3. The predicted molar refractivity (Wildman–Crippen MR) is 123 cm³/mol. The fourth-order valence-electron chi connectivity index (χ4n) is 2.86. The molecule has 0 fully saturated rings. The lowest BCUT2D eigenvalue weighted by Gasteiger charge is -2.10. The Morgan fingerprint density at radius 1 is 1.06 bits per heavy atom. The van der Waals surface area contributed by atoms with Gasteiger partial charge in [-0.15, -0.1) is 11.8 Å². The number of thioether (sulfide) groups is 1. The summed E-state index contributed by atoms with van der Waals surface area (Å²) in [5, 5.41) is 13.9. The van der Waals surface area contributed by atoms with Crippen LogP contribution in [-0.4, -0.2) is 28.5 Å². The van der Waals surface area contributed by atoms with Crippen molar-refractivity contribution < 1.29 is 28.4 Å². The van der Waals surface area contributed by atoms with E-state index in [1.165, 1.54) is 42.5 Å². The molecule has 0 saturated heterocycles. The monoisotopic (exact) mass is 483 g/mol. The van der Waals surface area contributed by atoms with Crippen molar-refractivity contribution in [2.45, 2.75) is 11.5 Å². The van der Waals surface area contributed by atoms with Crippen LogP contribution >= 0.6 is 11.8 Å². The van der Waals surface area contributed by atoms with Gasteiger partial charge in [-0.2, -0.15) is 0 Å². The number of nitrogens with two attached hydrogens (primary N) is 1. The molecule has 0 atom stereocenters. The van der Waals surface area contributed by atoms with E-state index in [2.05, 4.69) is 5.32 Å². The first-order valence-corrected chi connectivity index (χ1v) is 10.7. The molecule has 0 unspecified atom stereocenters. The van der Waals surface area contributed by atoms with Crippen molar-refractivity contribution in [2.24, 2.45) is 5.73 Å². The third-order valence-electron chi connectivity index (χ3n) is 4.52. The summed E-state index contributed by atoms with van der Waals surface area (Å²) < 4.78 is 18.2. The highest BCUT2D eigenvalue weighted by Crippen LogP contribution is 2.26. The van der Waals surface area contributed by atoms with E-state index in [1.807, 2.05) is 0 Å². The molecule has 0 aliphatic heterocycles. The summed E-state index contributed by atoms with van der Waals surface area (Å²) in [5.74, 6) is -2.36. The third-order valence-corrected chi connectivity index (χ3v) is 5.59. The van der Waals surface area contributed by atoms with Crippen LogP contribution < -0.4 is 11.1 Å². The Morgan fingerprint density at radius 3 is 2.44 bits per heavy atom. The molecular weight excluding hydrogens is 465 g/mol. The highest BCUT2D eigenvalue weighted by molar-refractivity contribution is 8.00. The Hall–Kier alpha value is -4.25. The fourth-order valence-corrected chi connectivity index (χ4v) is 3.71. The van der Waals surface area contributed by atoms with E-state index < -0.39 is 34.9 Å². The van der Waals surface area contributed by atoms with E-state index in [1.54, 1.807) is 18.2 Å². The van der Waals surface area contributed by atoms with Gasteiger partial charge in [0.15, 0.2) is 0 Å². The molecule has 0 radical (unpaired) electrons. The number of anilines is 1. The topological polar surface area (TPSA) is 142 Å². The van der Waals surface area contributed by atoms with Crippen molar-refractivity contribution in [3.63, 3.8) is 0 Å². The second-order valence-corrected chi connectivity index (χ2v) is 7.90. The van der Waals surface area contributed by atoms with Crippen LogP contribution in [0.1, 0.15) is 26.3 Å². The lowest BCUT2D eigenvalue weighted by Crippen LogP contribution is -2.14. The van der Waals surface area contributed by atoms with Gasteiger partial charge in [0.05, 0.1) is 21.8 Å². The van der Waals surface area contributed by atoms with Crippen molar-refractivity contribution >= 4 is 40.9 Å². The minimum Gasteiger partial charge on any atom is -0.457 e. The van der Waals surface area contributed by atoms with E-state index in [0.717, 1.165) is 17.8 Å². The van der Waals surface area contributed by atoms with Crippen LogP contribution in [0.2, 0.25) is 0 Å². The Bertz CT molecular complexity index is 1250. The van der Waals surface area contributed by atoms with Crippen LogP contribution in [0, 0.1) is 15.9 Å². The van der Waals surface area contributed by atoms with Crippen molar-refractivity contribution in [2.75, 3.05) is 11.1 Å². The SMILES string of the molecule is NC(=O)c1ccc(COC(=O)c2ccccc2SCC(=O)Nc2ccc(F)cc2)c([N+](=O)[O-])c1. The zero-order valence-electron chi connectivity index (χ0n) is 17.5. The summed E-state index contributed by atoms with van der Waals surface area (Å²) in [6, 6.07) is 15.4. The summed E-state index contributed by atoms with van der Waals surface area (Å²) in [4.78, 5) is 47.2. The van der Waals surface area contributed by atoms with Crippen LogP contribution in [0.15, 0.2) is 71.6 Å². The Morgan fingerprint density at radius 2 is 1.76 bits per heavy atom. The van der Waals surface area contributed by atoms with Gasteiger partial charge in [0, 0.05) is 22.2 Å². The number of esters is 1. The highest BCUT2D eigenvalue weighted by atomic mass is 32.2. The number of nitro groups is 1. The summed E-state index contributed by atoms with van der Waals surface area (Å²) in [7, 11) is 0. The first-order valence-electron chi connectivity index (χ1n) is 9.76. The Labute approximate surface area is 197 Å². The fraction of sp³-hybridized carbons (Fsp3) is 0.0870. The lowest BCUT2D eigenvalue weighted by molar-refractivity contribution is -0.385. The van der Waals surface area contributed by atoms with Gasteiger partial charge in [0.25, 0.3) is 5.69 Å². The van der Waals surface area contributed by atoms with Crippen LogP contribution in [0.25, 0.3) is 0 Å². The van der Waals surface area contributed by atoms with Crippen molar-refractivity contribution in [1.82, 2.24) is 0 Å². The van der Waals surface area contributed by atoms with Crippen LogP contribution in [0.4, 0.5) is 15.8 Å². The molecule has 0 aliphatic rings. The molecule has 174 valence electrons. The van der Waals surface area contributed by atoms with E-state index in [-0.39, 0.29) is 28.4 Å². The quantitative estimate of drug-likeness (QED) is 0.203. The number of hydrogen-bond donors (Lipinski definition) is 2. The van der Waals surface area contributed by atoms with Crippen LogP contribution in [0.5, 0.6) is 0 Å². The van der Waals surface area contributed by atoms with Gasteiger partial charge in [-0.25, -0.2) is 9.18 Å². The number of carbonyl (C=O) groups is 3. The normalized spacial score (nSPS) is 10.4. The molecule has 0 aliphatic carbocycles. The van der Waals surface area contributed by atoms with E-state index >= 15 is 0 Å². The molecule has 34 heavy (non-hydrogen) atoms. The number of hydrogen-bond acceptors (Lipinski definition) is 7. The molecule has 0 aromatic heterocycles. The Kier molecular flexibility index (Phi) is 7.93. The second-order valence-electron chi connectivity index (χ2n) is 6.88. The molecule has 0 saturated carbocycles. The maximum Gasteiger partial charge on any atom is 0.339 e. The molecular formula is C23H18FN3O6S. The molecule has 3 aromatic rings. The minimum atomic E-state index is -0.818. The summed E-state index contributed by atoms with van der Waals surface area (Å²) >= 11 is 1.09. The van der Waals surface area contributed by atoms with E-state index in [4.69, 9.17) is 10.5 Å². The number of amides is 2. The zero-order valence-corrected chi connectivity index (χ0v) is 18.3. The number of carbonyl (C=O) groups excluding carboxylic acids is 3. The van der Waals surface area contributed by atoms with E-state index in [0.29, 0.717) is 10.6 Å². The zero-order chi connectivity index (χ0) is 24.7. The first kappa shape index (κ1) is 24.4. The number of nitrogens with zero attached hydrogens (tertiary/aromatic N) is 1. The smallest absolute Gasteiger partial charge is 0.339 e. The first-order chi connectivity index (χ1) is 16.2. The largest absolute Gasteiger partial charge is 0.457 e. The molecule has 0 spiro atoms. The molecule has 0 bridgehead atoms. The number of rotatable bonds is 9. The average molecular weight is 483 g/mol. The van der Waals surface area contributed by atoms with Crippen molar-refractivity contribution in [3.8, 4) is 0 Å². The standard InChI is InChI=1S/C23H18FN3O6S/c24-16-7-9-17(10-8-16)26-21(28)13-34-20-4-2-1-3-18(20)23(30)33-12-15-6-5-14(22(25)29)11-19(15)27(31)32/h1-11H,12-13H2,(H2,25,29)(H,26,28). The minimum absolute atomic E-state index is 0.0261. The highest BCUT2D eigenvalue weighted by Gasteiger charge is 2.20. The molecule has 2 amide bonds. The number of halogens is 1. The van der Waals surface area contributed by atoms with Crippen LogP contribution in [0.3, 0.4) is 0 Å². The summed E-state index contributed by atoms with van der Waals surface area (Å²) in [6.45, 7) is -0.405. The predicted octanol–water partition coefficient (Wildman–Crippen LogP) is 3.92. The van der Waals surface area contributed by atoms with Gasteiger partial charge in [0.2, 0.25) is 11.8 Å².